The van der Waals surface area contributed by atoms with Crippen molar-refractivity contribution in [3.63, 3.8) is 0 Å². The Morgan fingerprint density at radius 2 is 2.00 bits per heavy atom. The van der Waals surface area contributed by atoms with E-state index in [2.05, 4.69) is 13.8 Å². The zero-order valence-corrected chi connectivity index (χ0v) is 9.89. The number of rotatable bonds is 4. The number of nitrogens with two attached hydrogens (primary N) is 1. The second-order valence-electron chi connectivity index (χ2n) is 4.24. The fraction of sp³-hybridized carbons (Fsp3) is 0.500. The minimum Gasteiger partial charge on any atom is -0.324 e. The van der Waals surface area contributed by atoms with E-state index in [9.17, 15) is 4.39 Å². The van der Waals surface area contributed by atoms with Crippen LogP contribution in [0.15, 0.2) is 18.2 Å². The molecule has 1 nitrogen and oxygen atoms in total. The lowest BCUT2D eigenvalue weighted by atomic mass is 9.98. The number of benzene rings is 1. The molecule has 1 aromatic carbocycles. The van der Waals surface area contributed by atoms with E-state index in [4.69, 9.17) is 17.3 Å². The van der Waals surface area contributed by atoms with Crippen LogP contribution in [0.1, 0.15) is 38.3 Å². The topological polar surface area (TPSA) is 26.0 Å². The predicted molar refractivity (Wildman–Crippen MR) is 62.4 cm³/mol. The normalized spacial score (nSPS) is 13.2. The molecule has 0 saturated carbocycles. The largest absolute Gasteiger partial charge is 0.324 e. The van der Waals surface area contributed by atoms with Crippen molar-refractivity contribution in [2.75, 3.05) is 0 Å². The Morgan fingerprint density at radius 1 is 1.33 bits per heavy atom. The van der Waals surface area contributed by atoms with Gasteiger partial charge in [-0.1, -0.05) is 31.5 Å². The van der Waals surface area contributed by atoms with Gasteiger partial charge in [-0.3, -0.25) is 0 Å². The molecule has 0 aliphatic heterocycles. The molecule has 0 heterocycles. The SMILES string of the molecule is CC(C)CCC(N)c1ccc(F)cc1Cl. The quantitative estimate of drug-likeness (QED) is 0.832. The molecule has 0 saturated heterocycles. The van der Waals surface area contributed by atoms with Gasteiger partial charge in [-0.2, -0.15) is 0 Å². The molecule has 15 heavy (non-hydrogen) atoms. The van der Waals surface area contributed by atoms with E-state index in [0.717, 1.165) is 18.4 Å². The summed E-state index contributed by atoms with van der Waals surface area (Å²) in [7, 11) is 0. The Labute approximate surface area is 95.4 Å². The van der Waals surface area contributed by atoms with Crippen LogP contribution in [0.3, 0.4) is 0 Å². The first-order chi connectivity index (χ1) is 7.00. The van der Waals surface area contributed by atoms with Crippen LogP contribution < -0.4 is 5.73 Å². The van der Waals surface area contributed by atoms with Gasteiger partial charge in [0, 0.05) is 11.1 Å². The van der Waals surface area contributed by atoms with Crippen molar-refractivity contribution in [2.45, 2.75) is 32.7 Å². The van der Waals surface area contributed by atoms with Gasteiger partial charge in [0.2, 0.25) is 0 Å². The summed E-state index contributed by atoms with van der Waals surface area (Å²) < 4.78 is 12.8. The molecule has 0 aromatic heterocycles. The van der Waals surface area contributed by atoms with E-state index in [1.807, 2.05) is 0 Å². The summed E-state index contributed by atoms with van der Waals surface area (Å²) in [5.74, 6) is 0.301. The van der Waals surface area contributed by atoms with Crippen LogP contribution >= 0.6 is 11.6 Å². The second-order valence-corrected chi connectivity index (χ2v) is 4.65. The average molecular weight is 230 g/mol. The van der Waals surface area contributed by atoms with Crippen molar-refractivity contribution in [1.82, 2.24) is 0 Å². The van der Waals surface area contributed by atoms with Crippen LogP contribution in [-0.2, 0) is 0 Å². The highest BCUT2D eigenvalue weighted by atomic mass is 35.5. The Hall–Kier alpha value is -0.600. The third-order valence-corrected chi connectivity index (χ3v) is 2.74. The van der Waals surface area contributed by atoms with Gasteiger partial charge in [-0.25, -0.2) is 4.39 Å². The Morgan fingerprint density at radius 3 is 2.53 bits per heavy atom. The van der Waals surface area contributed by atoms with E-state index in [-0.39, 0.29) is 11.9 Å². The maximum Gasteiger partial charge on any atom is 0.124 e. The first-order valence-corrected chi connectivity index (χ1v) is 5.59. The zero-order chi connectivity index (χ0) is 11.4. The molecule has 0 bridgehead atoms. The summed E-state index contributed by atoms with van der Waals surface area (Å²) >= 11 is 5.92. The summed E-state index contributed by atoms with van der Waals surface area (Å²) in [6.07, 6.45) is 1.93. The first-order valence-electron chi connectivity index (χ1n) is 5.21. The van der Waals surface area contributed by atoms with Gasteiger partial charge in [0.05, 0.1) is 0 Å². The molecule has 3 heteroatoms. The van der Waals surface area contributed by atoms with Crippen LogP contribution in [0.5, 0.6) is 0 Å². The summed E-state index contributed by atoms with van der Waals surface area (Å²) in [5.41, 5.74) is 6.82. The molecular weight excluding hydrogens is 213 g/mol. The minimum absolute atomic E-state index is 0.0968. The van der Waals surface area contributed by atoms with Crippen molar-refractivity contribution in [2.24, 2.45) is 11.7 Å². The Bertz CT molecular complexity index is 325. The van der Waals surface area contributed by atoms with E-state index < -0.39 is 0 Å². The van der Waals surface area contributed by atoms with Gasteiger partial charge in [-0.15, -0.1) is 0 Å². The molecule has 2 N–H and O–H groups in total. The molecule has 0 fully saturated rings. The predicted octanol–water partition coefficient (Wildman–Crippen LogP) is 3.92. The molecule has 1 atom stereocenters. The van der Waals surface area contributed by atoms with Crippen molar-refractivity contribution < 1.29 is 4.39 Å². The monoisotopic (exact) mass is 229 g/mol. The van der Waals surface area contributed by atoms with Crippen LogP contribution in [0, 0.1) is 11.7 Å². The Balaban J connectivity index is 2.69. The lowest BCUT2D eigenvalue weighted by Crippen LogP contribution is -2.11. The van der Waals surface area contributed by atoms with E-state index in [0.29, 0.717) is 10.9 Å². The third-order valence-electron chi connectivity index (χ3n) is 2.42. The lowest BCUT2D eigenvalue weighted by Gasteiger charge is -2.14. The second kappa shape index (κ2) is 5.47. The zero-order valence-electron chi connectivity index (χ0n) is 9.13. The summed E-state index contributed by atoms with van der Waals surface area (Å²) in [6.45, 7) is 4.30. The fourth-order valence-electron chi connectivity index (χ4n) is 1.47. The molecule has 0 spiro atoms. The van der Waals surface area contributed by atoms with Crippen molar-refractivity contribution in [1.29, 1.82) is 0 Å². The van der Waals surface area contributed by atoms with Crippen LogP contribution in [-0.4, -0.2) is 0 Å². The highest BCUT2D eigenvalue weighted by Crippen LogP contribution is 2.26. The van der Waals surface area contributed by atoms with Crippen molar-refractivity contribution >= 4 is 11.6 Å². The van der Waals surface area contributed by atoms with Crippen LogP contribution in [0.4, 0.5) is 4.39 Å². The van der Waals surface area contributed by atoms with Gasteiger partial charge in [0.25, 0.3) is 0 Å². The molecule has 0 aliphatic rings. The minimum atomic E-state index is -0.320. The van der Waals surface area contributed by atoms with Gasteiger partial charge >= 0.3 is 0 Å². The molecule has 0 radical (unpaired) electrons. The summed E-state index contributed by atoms with van der Waals surface area (Å²) in [5, 5.41) is 0.422. The molecular formula is C12H17ClFN. The molecule has 1 aromatic rings. The maximum absolute atomic E-state index is 12.8. The number of hydrogen-bond acceptors (Lipinski definition) is 1. The summed E-state index contributed by atoms with van der Waals surface area (Å²) in [6, 6.07) is 4.28. The molecule has 1 rings (SSSR count). The molecule has 0 aliphatic carbocycles. The Kier molecular flexibility index (Phi) is 4.55. The first kappa shape index (κ1) is 12.5. The van der Waals surface area contributed by atoms with Gasteiger partial charge in [-0.05, 0) is 36.5 Å². The van der Waals surface area contributed by atoms with Crippen molar-refractivity contribution in [3.05, 3.63) is 34.6 Å². The number of halogens is 2. The summed E-state index contributed by atoms with van der Waals surface area (Å²) in [4.78, 5) is 0. The maximum atomic E-state index is 12.8. The lowest BCUT2D eigenvalue weighted by molar-refractivity contribution is 0.506. The highest BCUT2D eigenvalue weighted by Gasteiger charge is 2.11. The molecule has 84 valence electrons. The van der Waals surface area contributed by atoms with Gasteiger partial charge in [0.1, 0.15) is 5.82 Å². The average Bonchev–Trinajstić information content (AvgIpc) is 2.14. The molecule has 0 amide bonds. The van der Waals surface area contributed by atoms with Crippen molar-refractivity contribution in [3.8, 4) is 0 Å². The van der Waals surface area contributed by atoms with Gasteiger partial charge < -0.3 is 5.73 Å². The third kappa shape index (κ3) is 3.80. The standard InChI is InChI=1S/C12H17ClFN/c1-8(2)3-6-12(15)10-5-4-9(14)7-11(10)13/h4-5,7-8,12H,3,6,15H2,1-2H3. The highest BCUT2D eigenvalue weighted by molar-refractivity contribution is 6.31. The smallest absolute Gasteiger partial charge is 0.124 e. The van der Waals surface area contributed by atoms with E-state index in [1.165, 1.54) is 12.1 Å². The fourth-order valence-corrected chi connectivity index (χ4v) is 1.78. The van der Waals surface area contributed by atoms with E-state index >= 15 is 0 Å². The number of hydrogen-bond donors (Lipinski definition) is 1. The van der Waals surface area contributed by atoms with Crippen LogP contribution in [0.2, 0.25) is 5.02 Å². The molecule has 1 unspecified atom stereocenters. The van der Waals surface area contributed by atoms with Crippen LogP contribution in [0.25, 0.3) is 0 Å². The van der Waals surface area contributed by atoms with E-state index in [1.54, 1.807) is 6.07 Å². The van der Waals surface area contributed by atoms with Gasteiger partial charge in [0.15, 0.2) is 0 Å².